The number of nitrogens with zero attached hydrogens (tertiary/aromatic N) is 1. The number of hydrogen-bond acceptors (Lipinski definition) is 3. The smallest absolute Gasteiger partial charge is 0.254 e. The van der Waals surface area contributed by atoms with Gasteiger partial charge in [-0.15, -0.1) is 0 Å². The van der Waals surface area contributed by atoms with E-state index in [0.717, 1.165) is 10.8 Å². The molecule has 1 saturated heterocycles. The quantitative estimate of drug-likeness (QED) is 0.663. The standard InChI is InChI=1S/C21H18ClNO3S/c22-16-8-10-17(11-9-16)27(25,26)18-12-13-23(14-18)21(24)20-7-3-5-15-4-1-2-6-19(15)20/h1-11,18H,12-14H2. The number of carbonyl (C=O) groups excluding carboxylic acids is 1. The molecule has 1 unspecified atom stereocenters. The van der Waals surface area contributed by atoms with Crippen molar-refractivity contribution in [3.8, 4) is 0 Å². The van der Waals surface area contributed by atoms with Crippen LogP contribution in [0.5, 0.6) is 0 Å². The van der Waals surface area contributed by atoms with Crippen LogP contribution in [0.2, 0.25) is 5.02 Å². The summed E-state index contributed by atoms with van der Waals surface area (Å²) in [6.07, 6.45) is 0.432. The molecule has 0 saturated carbocycles. The van der Waals surface area contributed by atoms with Crippen LogP contribution in [-0.4, -0.2) is 37.6 Å². The highest BCUT2D eigenvalue weighted by Gasteiger charge is 2.36. The maximum Gasteiger partial charge on any atom is 0.254 e. The summed E-state index contributed by atoms with van der Waals surface area (Å²) in [6, 6.07) is 19.5. The third kappa shape index (κ3) is 3.33. The number of carbonyl (C=O) groups is 1. The monoisotopic (exact) mass is 399 g/mol. The fraction of sp³-hybridized carbons (Fsp3) is 0.190. The molecule has 1 heterocycles. The van der Waals surface area contributed by atoms with Gasteiger partial charge in [0.05, 0.1) is 10.1 Å². The molecular weight excluding hydrogens is 382 g/mol. The predicted octanol–water partition coefficient (Wildman–Crippen LogP) is 4.18. The summed E-state index contributed by atoms with van der Waals surface area (Å²) in [5, 5.41) is 1.77. The molecule has 1 atom stereocenters. The minimum Gasteiger partial charge on any atom is -0.337 e. The molecule has 1 aliphatic heterocycles. The third-order valence-corrected chi connectivity index (χ3v) is 7.48. The Morgan fingerprint density at radius 1 is 0.963 bits per heavy atom. The number of likely N-dealkylation sites (tertiary alicyclic amines) is 1. The third-order valence-electron chi connectivity index (χ3n) is 5.03. The van der Waals surface area contributed by atoms with Crippen LogP contribution in [0, 0.1) is 0 Å². The van der Waals surface area contributed by atoms with Gasteiger partial charge >= 0.3 is 0 Å². The van der Waals surface area contributed by atoms with Gasteiger partial charge in [0.15, 0.2) is 9.84 Å². The summed E-state index contributed by atoms with van der Waals surface area (Å²) in [7, 11) is -3.50. The summed E-state index contributed by atoms with van der Waals surface area (Å²) in [4.78, 5) is 14.9. The van der Waals surface area contributed by atoms with Crippen LogP contribution in [0.3, 0.4) is 0 Å². The Morgan fingerprint density at radius 3 is 2.44 bits per heavy atom. The fourth-order valence-electron chi connectivity index (χ4n) is 3.56. The Kier molecular flexibility index (Phi) is 4.66. The van der Waals surface area contributed by atoms with Gasteiger partial charge in [0.25, 0.3) is 5.91 Å². The first-order chi connectivity index (χ1) is 13.0. The molecule has 0 N–H and O–H groups in total. The largest absolute Gasteiger partial charge is 0.337 e. The minimum absolute atomic E-state index is 0.124. The number of sulfone groups is 1. The first kappa shape index (κ1) is 18.0. The molecule has 0 spiro atoms. The lowest BCUT2D eigenvalue weighted by molar-refractivity contribution is 0.0795. The van der Waals surface area contributed by atoms with Gasteiger partial charge in [0.2, 0.25) is 0 Å². The molecule has 1 amide bonds. The van der Waals surface area contributed by atoms with Crippen molar-refractivity contribution in [3.63, 3.8) is 0 Å². The van der Waals surface area contributed by atoms with E-state index in [1.807, 2.05) is 36.4 Å². The predicted molar refractivity (Wildman–Crippen MR) is 107 cm³/mol. The van der Waals surface area contributed by atoms with Gasteiger partial charge in [-0.2, -0.15) is 0 Å². The Balaban J connectivity index is 1.59. The maximum atomic E-state index is 13.0. The second-order valence-electron chi connectivity index (χ2n) is 6.69. The molecule has 1 fully saturated rings. The van der Waals surface area contributed by atoms with Crippen molar-refractivity contribution < 1.29 is 13.2 Å². The molecule has 0 aromatic heterocycles. The number of benzene rings is 3. The lowest BCUT2D eigenvalue weighted by atomic mass is 10.0. The van der Waals surface area contributed by atoms with E-state index >= 15 is 0 Å². The van der Waals surface area contributed by atoms with Crippen molar-refractivity contribution >= 4 is 38.1 Å². The lowest BCUT2D eigenvalue weighted by Crippen LogP contribution is -2.32. The Bertz CT molecular complexity index is 1100. The van der Waals surface area contributed by atoms with Gasteiger partial charge in [0.1, 0.15) is 0 Å². The van der Waals surface area contributed by atoms with E-state index in [1.165, 1.54) is 12.1 Å². The average molecular weight is 400 g/mol. The normalized spacial score (nSPS) is 17.4. The van der Waals surface area contributed by atoms with Crippen molar-refractivity contribution in [1.82, 2.24) is 4.90 Å². The molecule has 3 aromatic rings. The van der Waals surface area contributed by atoms with E-state index in [2.05, 4.69) is 0 Å². The Morgan fingerprint density at radius 2 is 1.67 bits per heavy atom. The van der Waals surface area contributed by atoms with Crippen LogP contribution in [0.4, 0.5) is 0 Å². The van der Waals surface area contributed by atoms with Crippen molar-refractivity contribution in [2.75, 3.05) is 13.1 Å². The number of fused-ring (bicyclic) bond motifs is 1. The van der Waals surface area contributed by atoms with E-state index < -0.39 is 15.1 Å². The molecule has 3 aromatic carbocycles. The van der Waals surface area contributed by atoms with E-state index in [1.54, 1.807) is 23.1 Å². The van der Waals surface area contributed by atoms with Crippen LogP contribution in [0.1, 0.15) is 16.8 Å². The first-order valence-electron chi connectivity index (χ1n) is 8.73. The molecule has 4 rings (SSSR count). The zero-order valence-corrected chi connectivity index (χ0v) is 16.1. The van der Waals surface area contributed by atoms with Crippen LogP contribution in [0.15, 0.2) is 71.6 Å². The molecule has 1 aliphatic rings. The second kappa shape index (κ2) is 6.98. The number of halogens is 1. The van der Waals surface area contributed by atoms with Gasteiger partial charge in [-0.3, -0.25) is 4.79 Å². The Labute approximate surface area is 163 Å². The highest BCUT2D eigenvalue weighted by atomic mass is 35.5. The summed E-state index contributed by atoms with van der Waals surface area (Å²) in [5.41, 5.74) is 0.609. The highest BCUT2D eigenvalue weighted by Crippen LogP contribution is 2.27. The van der Waals surface area contributed by atoms with Crippen molar-refractivity contribution in [3.05, 3.63) is 77.3 Å². The number of hydrogen-bond donors (Lipinski definition) is 0. The number of amides is 1. The lowest BCUT2D eigenvalue weighted by Gasteiger charge is -2.18. The highest BCUT2D eigenvalue weighted by molar-refractivity contribution is 7.92. The van der Waals surface area contributed by atoms with Gasteiger partial charge in [-0.05, 0) is 47.5 Å². The molecule has 27 heavy (non-hydrogen) atoms. The molecule has 0 bridgehead atoms. The molecule has 0 radical (unpaired) electrons. The van der Waals surface area contributed by atoms with Gasteiger partial charge in [-0.1, -0.05) is 48.0 Å². The Hall–Kier alpha value is -2.37. The van der Waals surface area contributed by atoms with Crippen LogP contribution in [-0.2, 0) is 9.84 Å². The van der Waals surface area contributed by atoms with Crippen molar-refractivity contribution in [2.45, 2.75) is 16.6 Å². The van der Waals surface area contributed by atoms with Gasteiger partial charge < -0.3 is 4.90 Å². The van der Waals surface area contributed by atoms with Gasteiger partial charge in [0, 0.05) is 23.7 Å². The van der Waals surface area contributed by atoms with E-state index in [0.29, 0.717) is 23.6 Å². The first-order valence-corrected chi connectivity index (χ1v) is 10.7. The molecule has 6 heteroatoms. The van der Waals surface area contributed by atoms with Crippen LogP contribution in [0.25, 0.3) is 10.8 Å². The van der Waals surface area contributed by atoms with Crippen molar-refractivity contribution in [1.29, 1.82) is 0 Å². The summed E-state index contributed by atoms with van der Waals surface area (Å²) in [6.45, 7) is 0.632. The molecule has 138 valence electrons. The average Bonchev–Trinajstić information content (AvgIpc) is 3.18. The topological polar surface area (TPSA) is 54.5 Å². The van der Waals surface area contributed by atoms with E-state index in [9.17, 15) is 13.2 Å². The maximum absolute atomic E-state index is 13.0. The molecule has 0 aliphatic carbocycles. The van der Waals surface area contributed by atoms with Crippen molar-refractivity contribution in [2.24, 2.45) is 0 Å². The summed E-state index contributed by atoms with van der Waals surface area (Å²) < 4.78 is 25.8. The van der Waals surface area contributed by atoms with Gasteiger partial charge in [-0.25, -0.2) is 8.42 Å². The van der Waals surface area contributed by atoms with E-state index in [-0.39, 0.29) is 17.3 Å². The van der Waals surface area contributed by atoms with E-state index in [4.69, 9.17) is 11.6 Å². The minimum atomic E-state index is -3.50. The SMILES string of the molecule is O=C(c1cccc2ccccc12)N1CCC(S(=O)(=O)c2ccc(Cl)cc2)C1. The second-order valence-corrected chi connectivity index (χ2v) is 9.35. The van der Waals surface area contributed by atoms with Crippen LogP contribution >= 0.6 is 11.6 Å². The summed E-state index contributed by atoms with van der Waals surface area (Å²) in [5.74, 6) is -0.124. The zero-order chi connectivity index (χ0) is 19.0. The fourth-order valence-corrected chi connectivity index (χ4v) is 5.38. The summed E-state index contributed by atoms with van der Waals surface area (Å²) >= 11 is 5.85. The zero-order valence-electron chi connectivity index (χ0n) is 14.5. The molecule has 4 nitrogen and oxygen atoms in total. The number of rotatable bonds is 3. The van der Waals surface area contributed by atoms with Crippen LogP contribution < -0.4 is 0 Å². The molecular formula is C21H18ClNO3S.